The van der Waals surface area contributed by atoms with Gasteiger partial charge in [0.2, 0.25) is 11.8 Å². The van der Waals surface area contributed by atoms with Crippen LogP contribution in [0.2, 0.25) is 0 Å². The van der Waals surface area contributed by atoms with Crippen LogP contribution in [-0.2, 0) is 21.5 Å². The lowest BCUT2D eigenvalue weighted by atomic mass is 9.82. The fourth-order valence-corrected chi connectivity index (χ4v) is 5.33. The zero-order valence-electron chi connectivity index (χ0n) is 20.2. The zero-order chi connectivity index (χ0) is 25.0. The lowest BCUT2D eigenvalue weighted by Gasteiger charge is -2.33. The molecule has 0 unspecified atom stereocenters. The number of piperazine rings is 1. The maximum atomic E-state index is 13.2. The van der Waals surface area contributed by atoms with Crippen molar-refractivity contribution in [3.05, 3.63) is 53.3 Å². The Bertz CT molecular complexity index is 1390. The van der Waals surface area contributed by atoms with E-state index in [1.54, 1.807) is 30.2 Å². The van der Waals surface area contributed by atoms with E-state index in [-0.39, 0.29) is 18.9 Å². The monoisotopic (exact) mass is 489 g/mol. The Morgan fingerprint density at radius 3 is 2.61 bits per heavy atom. The van der Waals surface area contributed by atoms with Gasteiger partial charge in [0, 0.05) is 50.9 Å². The van der Waals surface area contributed by atoms with Crippen molar-refractivity contribution in [2.24, 2.45) is 0 Å². The molecule has 0 saturated carbocycles. The Hall–Kier alpha value is -3.92. The fourth-order valence-electron chi connectivity index (χ4n) is 5.33. The summed E-state index contributed by atoms with van der Waals surface area (Å²) in [4.78, 5) is 49.7. The second kappa shape index (κ2) is 8.34. The molecule has 10 heteroatoms. The third kappa shape index (κ3) is 3.60. The third-order valence-corrected chi connectivity index (χ3v) is 7.46. The lowest BCUT2D eigenvalue weighted by molar-refractivity contribution is -0.127. The summed E-state index contributed by atoms with van der Waals surface area (Å²) < 4.78 is 11.4. The standard InChI is InChI=1S/C26H27N5O5/c1-29-7-9-30(10-8-29)22-6-5-20-19(27-22)12-21(36-20)26(13-23(32)28-25(26)34)15-31-14-16-3-4-17(35-2)11-18(16)24(31)33/h3-6,11-12H,7-10,13-15H2,1-2H3,(H,28,32,34)/t26-/m1/s1. The predicted molar refractivity (Wildman–Crippen MR) is 131 cm³/mol. The Balaban J connectivity index is 1.33. The fraction of sp³-hybridized carbons (Fsp3) is 0.385. The predicted octanol–water partition coefficient (Wildman–Crippen LogP) is 1.53. The van der Waals surface area contributed by atoms with Gasteiger partial charge < -0.3 is 23.9 Å². The van der Waals surface area contributed by atoms with E-state index in [1.807, 2.05) is 18.2 Å². The van der Waals surface area contributed by atoms with Crippen LogP contribution in [0.15, 0.2) is 40.8 Å². The number of aromatic nitrogens is 1. The highest BCUT2D eigenvalue weighted by Crippen LogP contribution is 2.39. The molecule has 0 spiro atoms. The van der Waals surface area contributed by atoms with Crippen molar-refractivity contribution in [3.63, 3.8) is 0 Å². The second-order valence-electron chi connectivity index (χ2n) is 9.77. The number of rotatable bonds is 5. The Kier molecular flexibility index (Phi) is 5.22. The minimum atomic E-state index is -1.33. The number of anilines is 1. The number of nitrogens with zero attached hydrogens (tertiary/aromatic N) is 4. The van der Waals surface area contributed by atoms with Gasteiger partial charge in [0.1, 0.15) is 28.3 Å². The van der Waals surface area contributed by atoms with Crippen molar-refractivity contribution in [1.82, 2.24) is 20.1 Å². The van der Waals surface area contributed by atoms with Crippen LogP contribution in [0, 0.1) is 0 Å². The van der Waals surface area contributed by atoms with Gasteiger partial charge in [-0.05, 0) is 36.9 Å². The number of hydrogen-bond donors (Lipinski definition) is 1. The van der Waals surface area contributed by atoms with Crippen LogP contribution in [-0.4, -0.2) is 79.4 Å². The van der Waals surface area contributed by atoms with Crippen LogP contribution in [0.1, 0.15) is 28.1 Å². The van der Waals surface area contributed by atoms with E-state index in [4.69, 9.17) is 14.1 Å². The summed E-state index contributed by atoms with van der Waals surface area (Å²) in [6, 6.07) is 10.9. The van der Waals surface area contributed by atoms with E-state index in [1.165, 1.54) is 0 Å². The summed E-state index contributed by atoms with van der Waals surface area (Å²) >= 11 is 0. The highest BCUT2D eigenvalue weighted by molar-refractivity contribution is 6.10. The first kappa shape index (κ1) is 22.5. The number of ether oxygens (including phenoxy) is 1. The molecule has 2 fully saturated rings. The van der Waals surface area contributed by atoms with Crippen molar-refractivity contribution < 1.29 is 23.5 Å². The number of hydrogen-bond acceptors (Lipinski definition) is 8. The quantitative estimate of drug-likeness (QED) is 0.538. The van der Waals surface area contributed by atoms with Gasteiger partial charge in [-0.3, -0.25) is 19.7 Å². The molecule has 0 bridgehead atoms. The first-order valence-corrected chi connectivity index (χ1v) is 12.0. The highest BCUT2D eigenvalue weighted by Gasteiger charge is 2.53. The van der Waals surface area contributed by atoms with E-state index in [0.29, 0.717) is 34.7 Å². The van der Waals surface area contributed by atoms with E-state index in [2.05, 4.69) is 22.2 Å². The molecular formula is C26H27N5O5. The normalized spacial score (nSPS) is 22.4. The molecular weight excluding hydrogens is 462 g/mol. The smallest absolute Gasteiger partial charge is 0.254 e. The van der Waals surface area contributed by atoms with Crippen LogP contribution in [0.3, 0.4) is 0 Å². The largest absolute Gasteiger partial charge is 0.497 e. The van der Waals surface area contributed by atoms with Gasteiger partial charge in [0.15, 0.2) is 5.58 Å². The first-order chi connectivity index (χ1) is 17.4. The number of benzene rings is 1. The molecule has 5 heterocycles. The molecule has 3 aliphatic rings. The molecule has 6 rings (SSSR count). The SMILES string of the molecule is COc1ccc2c(c1)C(=O)N(C[C@@]1(c3cc4nc(N5CCN(C)CC5)ccc4o3)CC(=O)NC1=O)C2. The number of amides is 3. The topological polar surface area (TPSA) is 108 Å². The minimum Gasteiger partial charge on any atom is -0.497 e. The number of furan rings is 1. The van der Waals surface area contributed by atoms with Crippen LogP contribution < -0.4 is 15.0 Å². The van der Waals surface area contributed by atoms with Crippen LogP contribution in [0.4, 0.5) is 5.82 Å². The summed E-state index contributed by atoms with van der Waals surface area (Å²) in [6.07, 6.45) is -0.0968. The molecule has 3 aliphatic heterocycles. The molecule has 1 N–H and O–H groups in total. The van der Waals surface area contributed by atoms with Crippen molar-refractivity contribution in [1.29, 1.82) is 0 Å². The van der Waals surface area contributed by atoms with Gasteiger partial charge in [-0.1, -0.05) is 6.07 Å². The molecule has 36 heavy (non-hydrogen) atoms. The van der Waals surface area contributed by atoms with Crippen molar-refractivity contribution in [2.75, 3.05) is 51.8 Å². The number of imide groups is 1. The average Bonchev–Trinajstić information content (AvgIpc) is 3.53. The van der Waals surface area contributed by atoms with Gasteiger partial charge in [-0.15, -0.1) is 0 Å². The van der Waals surface area contributed by atoms with Crippen LogP contribution in [0.25, 0.3) is 11.1 Å². The van der Waals surface area contributed by atoms with Crippen molar-refractivity contribution >= 4 is 34.6 Å². The number of nitrogens with one attached hydrogen (secondary N) is 1. The van der Waals surface area contributed by atoms with Gasteiger partial charge >= 0.3 is 0 Å². The molecule has 0 radical (unpaired) electrons. The Labute approximate surface area is 207 Å². The van der Waals surface area contributed by atoms with Crippen LogP contribution in [0.5, 0.6) is 5.75 Å². The number of carbonyl (C=O) groups excluding carboxylic acids is 3. The second-order valence-corrected chi connectivity index (χ2v) is 9.77. The number of likely N-dealkylation sites (N-methyl/N-ethyl adjacent to an activating group) is 1. The minimum absolute atomic E-state index is 0.0194. The number of methoxy groups -OCH3 is 1. The summed E-state index contributed by atoms with van der Waals surface area (Å²) in [5.41, 5.74) is 1.22. The van der Waals surface area contributed by atoms with Crippen molar-refractivity contribution in [3.8, 4) is 5.75 Å². The average molecular weight is 490 g/mol. The van der Waals surface area contributed by atoms with Gasteiger partial charge in [0.05, 0.1) is 13.5 Å². The molecule has 2 saturated heterocycles. The molecule has 186 valence electrons. The third-order valence-electron chi connectivity index (χ3n) is 7.46. The molecule has 2 aromatic heterocycles. The van der Waals surface area contributed by atoms with Crippen molar-refractivity contribution in [2.45, 2.75) is 18.4 Å². The van der Waals surface area contributed by atoms with Gasteiger partial charge in [-0.2, -0.15) is 0 Å². The summed E-state index contributed by atoms with van der Waals surface area (Å²) in [5, 5.41) is 2.42. The summed E-state index contributed by atoms with van der Waals surface area (Å²) in [7, 11) is 3.65. The highest BCUT2D eigenvalue weighted by atomic mass is 16.5. The van der Waals surface area contributed by atoms with E-state index in [0.717, 1.165) is 37.6 Å². The molecule has 3 aromatic rings. The number of pyridine rings is 1. The summed E-state index contributed by atoms with van der Waals surface area (Å²) in [6.45, 7) is 4.03. The zero-order valence-corrected chi connectivity index (χ0v) is 20.2. The maximum Gasteiger partial charge on any atom is 0.254 e. The van der Waals surface area contributed by atoms with E-state index >= 15 is 0 Å². The molecule has 0 aliphatic carbocycles. The van der Waals surface area contributed by atoms with Gasteiger partial charge in [-0.25, -0.2) is 4.98 Å². The lowest BCUT2D eigenvalue weighted by Crippen LogP contribution is -2.46. The molecule has 1 aromatic carbocycles. The maximum absolute atomic E-state index is 13.2. The van der Waals surface area contributed by atoms with E-state index < -0.39 is 17.2 Å². The summed E-state index contributed by atoms with van der Waals surface area (Å²) in [5.74, 6) is 0.715. The molecule has 1 atom stereocenters. The Morgan fingerprint density at radius 1 is 1.08 bits per heavy atom. The number of carbonyl (C=O) groups is 3. The van der Waals surface area contributed by atoms with E-state index in [9.17, 15) is 14.4 Å². The van der Waals surface area contributed by atoms with Gasteiger partial charge in [0.25, 0.3) is 5.91 Å². The first-order valence-electron chi connectivity index (χ1n) is 12.0. The molecule has 10 nitrogen and oxygen atoms in total. The number of fused-ring (bicyclic) bond motifs is 2. The Morgan fingerprint density at radius 2 is 1.89 bits per heavy atom. The molecule has 3 amide bonds. The van der Waals surface area contributed by atoms with Crippen LogP contribution >= 0.6 is 0 Å².